The fourth-order valence-corrected chi connectivity index (χ4v) is 3.84. The fraction of sp³-hybridized carbons (Fsp3) is 0.333. The minimum Gasteiger partial charge on any atom is -0.462 e. The van der Waals surface area contributed by atoms with Crippen molar-refractivity contribution in [3.63, 3.8) is 0 Å². The predicted octanol–water partition coefficient (Wildman–Crippen LogP) is 3.76. The largest absolute Gasteiger partial charge is 0.462 e. The summed E-state index contributed by atoms with van der Waals surface area (Å²) in [6, 6.07) is 5.74. The minimum absolute atomic E-state index is 0.250. The van der Waals surface area contributed by atoms with E-state index in [2.05, 4.69) is 10.6 Å². The van der Waals surface area contributed by atoms with E-state index in [0.717, 1.165) is 27.5 Å². The van der Waals surface area contributed by atoms with Crippen LogP contribution in [0.1, 0.15) is 33.3 Å². The Balaban J connectivity index is 1.65. The summed E-state index contributed by atoms with van der Waals surface area (Å²) in [5, 5.41) is 7.40. The first-order valence-corrected chi connectivity index (χ1v) is 9.42. The number of aryl methyl sites for hydroxylation is 1. The van der Waals surface area contributed by atoms with Crippen LogP contribution < -0.4 is 20.1 Å². The molecule has 0 amide bonds. The number of esters is 1. The number of rotatable bonds is 5. The van der Waals surface area contributed by atoms with Crippen LogP contribution >= 0.6 is 23.6 Å². The van der Waals surface area contributed by atoms with Gasteiger partial charge >= 0.3 is 5.97 Å². The van der Waals surface area contributed by atoms with Gasteiger partial charge < -0.3 is 24.8 Å². The Hall–Kier alpha value is -2.32. The molecule has 0 bridgehead atoms. The van der Waals surface area contributed by atoms with E-state index in [1.54, 1.807) is 6.92 Å². The number of carbonyl (C=O) groups is 1. The lowest BCUT2D eigenvalue weighted by atomic mass is 10.1. The molecule has 0 saturated carbocycles. The second-order valence-corrected chi connectivity index (χ2v) is 7.34. The maximum atomic E-state index is 12.2. The zero-order chi connectivity index (χ0) is 18.7. The molecule has 0 saturated heterocycles. The number of thiophene rings is 1. The first-order valence-electron chi connectivity index (χ1n) is 8.20. The van der Waals surface area contributed by atoms with Crippen molar-refractivity contribution < 1.29 is 19.0 Å². The maximum Gasteiger partial charge on any atom is 0.341 e. The molecule has 2 heterocycles. The second-order valence-electron chi connectivity index (χ2n) is 5.70. The molecule has 0 atom stereocenters. The summed E-state index contributed by atoms with van der Waals surface area (Å²) in [5.74, 6) is 1.14. The van der Waals surface area contributed by atoms with Crippen LogP contribution in [0.4, 0.5) is 5.00 Å². The first-order chi connectivity index (χ1) is 12.5. The van der Waals surface area contributed by atoms with Crippen LogP contribution in [0.15, 0.2) is 18.2 Å². The van der Waals surface area contributed by atoms with Gasteiger partial charge in [0.1, 0.15) is 5.00 Å². The fourth-order valence-electron chi connectivity index (χ4n) is 2.54. The molecular weight excluding hydrogens is 372 g/mol. The van der Waals surface area contributed by atoms with Crippen molar-refractivity contribution in [2.75, 3.05) is 18.7 Å². The van der Waals surface area contributed by atoms with Crippen LogP contribution in [0.5, 0.6) is 11.5 Å². The van der Waals surface area contributed by atoms with E-state index in [0.29, 0.717) is 28.8 Å². The van der Waals surface area contributed by atoms with E-state index in [4.69, 9.17) is 26.4 Å². The monoisotopic (exact) mass is 392 g/mol. The zero-order valence-corrected chi connectivity index (χ0v) is 16.4. The molecule has 0 radical (unpaired) electrons. The topological polar surface area (TPSA) is 68.8 Å². The van der Waals surface area contributed by atoms with Crippen molar-refractivity contribution in [3.8, 4) is 11.5 Å². The van der Waals surface area contributed by atoms with Gasteiger partial charge in [-0.3, -0.25) is 0 Å². The second kappa shape index (κ2) is 7.92. The van der Waals surface area contributed by atoms with Gasteiger partial charge in [0, 0.05) is 11.4 Å². The van der Waals surface area contributed by atoms with Crippen molar-refractivity contribution in [1.82, 2.24) is 5.32 Å². The van der Waals surface area contributed by atoms with Gasteiger partial charge in [-0.1, -0.05) is 6.07 Å². The van der Waals surface area contributed by atoms with Crippen molar-refractivity contribution in [2.45, 2.75) is 27.3 Å². The highest BCUT2D eigenvalue weighted by molar-refractivity contribution is 7.80. The smallest absolute Gasteiger partial charge is 0.341 e. The highest BCUT2D eigenvalue weighted by Crippen LogP contribution is 2.34. The Bertz CT molecular complexity index is 848. The lowest BCUT2D eigenvalue weighted by Crippen LogP contribution is -2.28. The molecule has 1 aromatic heterocycles. The summed E-state index contributed by atoms with van der Waals surface area (Å²) >= 11 is 6.86. The molecule has 0 fully saturated rings. The van der Waals surface area contributed by atoms with E-state index < -0.39 is 0 Å². The third-order valence-corrected chi connectivity index (χ3v) is 5.35. The average molecular weight is 393 g/mol. The van der Waals surface area contributed by atoms with Gasteiger partial charge in [0.2, 0.25) is 6.79 Å². The maximum absolute atomic E-state index is 12.2. The number of nitrogens with one attached hydrogen (secondary N) is 2. The highest BCUT2D eigenvalue weighted by Gasteiger charge is 2.21. The summed E-state index contributed by atoms with van der Waals surface area (Å²) in [4.78, 5) is 13.3. The molecule has 26 heavy (non-hydrogen) atoms. The van der Waals surface area contributed by atoms with Crippen LogP contribution in [0.3, 0.4) is 0 Å². The van der Waals surface area contributed by atoms with E-state index in [9.17, 15) is 4.79 Å². The van der Waals surface area contributed by atoms with Crippen molar-refractivity contribution in [2.24, 2.45) is 0 Å². The Labute approximate surface area is 161 Å². The number of hydrogen-bond donors (Lipinski definition) is 2. The number of ether oxygens (including phenoxy) is 3. The van der Waals surface area contributed by atoms with E-state index >= 15 is 0 Å². The molecule has 0 spiro atoms. The number of benzene rings is 1. The Morgan fingerprint density at radius 3 is 2.85 bits per heavy atom. The van der Waals surface area contributed by atoms with Gasteiger partial charge in [-0.15, -0.1) is 11.3 Å². The van der Waals surface area contributed by atoms with Gasteiger partial charge in [-0.2, -0.15) is 0 Å². The molecule has 0 aliphatic carbocycles. The Morgan fingerprint density at radius 1 is 1.31 bits per heavy atom. The lowest BCUT2D eigenvalue weighted by Gasteiger charge is -2.11. The zero-order valence-electron chi connectivity index (χ0n) is 14.8. The number of hydrogen-bond acceptors (Lipinski definition) is 6. The molecule has 138 valence electrons. The number of thiocarbonyl (C=S) groups is 1. The number of fused-ring (bicyclic) bond motifs is 1. The summed E-state index contributed by atoms with van der Waals surface area (Å²) in [6.45, 7) is 6.78. The third-order valence-electron chi connectivity index (χ3n) is 3.98. The molecule has 1 aliphatic rings. The highest BCUT2D eigenvalue weighted by atomic mass is 32.1. The van der Waals surface area contributed by atoms with Crippen LogP contribution in [-0.4, -0.2) is 24.5 Å². The minimum atomic E-state index is -0.338. The molecular formula is C18H20N2O4S2. The number of carbonyl (C=O) groups excluding carboxylic acids is 1. The van der Waals surface area contributed by atoms with Crippen molar-refractivity contribution in [3.05, 3.63) is 39.8 Å². The first kappa shape index (κ1) is 18.5. The molecule has 6 nitrogen and oxygen atoms in total. The van der Waals surface area contributed by atoms with E-state index in [-0.39, 0.29) is 12.8 Å². The van der Waals surface area contributed by atoms with E-state index in [1.165, 1.54) is 11.3 Å². The summed E-state index contributed by atoms with van der Waals surface area (Å²) in [6.07, 6.45) is 0. The normalized spacial score (nSPS) is 12.0. The molecule has 8 heteroatoms. The summed E-state index contributed by atoms with van der Waals surface area (Å²) < 4.78 is 15.8. The quantitative estimate of drug-likeness (QED) is 0.593. The van der Waals surface area contributed by atoms with Gasteiger partial charge in [-0.05, 0) is 56.2 Å². The van der Waals surface area contributed by atoms with Crippen LogP contribution in [0, 0.1) is 13.8 Å². The predicted molar refractivity (Wildman–Crippen MR) is 105 cm³/mol. The third kappa shape index (κ3) is 3.91. The Kier molecular flexibility index (Phi) is 5.63. The van der Waals surface area contributed by atoms with Crippen LogP contribution in [0.2, 0.25) is 0 Å². The van der Waals surface area contributed by atoms with Crippen LogP contribution in [0.25, 0.3) is 0 Å². The van der Waals surface area contributed by atoms with Gasteiger partial charge in [0.05, 0.1) is 12.2 Å². The van der Waals surface area contributed by atoms with Crippen molar-refractivity contribution in [1.29, 1.82) is 0 Å². The summed E-state index contributed by atoms with van der Waals surface area (Å²) in [5.41, 5.74) is 2.47. The van der Waals surface area contributed by atoms with Gasteiger partial charge in [0.15, 0.2) is 16.6 Å². The standard InChI is InChI=1S/C18H20N2O4S2/c1-4-22-17(21)15-10(2)11(3)26-16(15)20-18(25)19-8-12-5-6-13-14(7-12)24-9-23-13/h5-7H,4,8-9H2,1-3H3,(H2,19,20,25). The van der Waals surface area contributed by atoms with E-state index in [1.807, 2.05) is 32.0 Å². The number of anilines is 1. The summed E-state index contributed by atoms with van der Waals surface area (Å²) in [7, 11) is 0. The van der Waals surface area contributed by atoms with Crippen LogP contribution in [-0.2, 0) is 11.3 Å². The molecule has 2 aromatic rings. The Morgan fingerprint density at radius 2 is 2.08 bits per heavy atom. The molecule has 1 aliphatic heterocycles. The average Bonchev–Trinajstić information content (AvgIpc) is 3.17. The SMILES string of the molecule is CCOC(=O)c1c(NC(=S)NCc2ccc3c(c2)OCO3)sc(C)c1C. The lowest BCUT2D eigenvalue weighted by molar-refractivity contribution is 0.0527. The molecule has 2 N–H and O–H groups in total. The van der Waals surface area contributed by atoms with Gasteiger partial charge in [0.25, 0.3) is 0 Å². The molecule has 0 unspecified atom stereocenters. The van der Waals surface area contributed by atoms with Crippen molar-refractivity contribution >= 4 is 39.6 Å². The molecule has 3 rings (SSSR count). The van der Waals surface area contributed by atoms with Gasteiger partial charge in [-0.25, -0.2) is 4.79 Å². The molecule has 1 aromatic carbocycles.